The number of amides is 1. The van der Waals surface area contributed by atoms with Gasteiger partial charge in [0, 0.05) is 43.4 Å². The Bertz CT molecular complexity index is 522. The van der Waals surface area contributed by atoms with E-state index in [4.69, 9.17) is 22.1 Å². The molecule has 24 heavy (non-hydrogen) atoms. The van der Waals surface area contributed by atoms with E-state index >= 15 is 0 Å². The first kappa shape index (κ1) is 21.3. The van der Waals surface area contributed by atoms with Gasteiger partial charge < -0.3 is 20.3 Å². The Morgan fingerprint density at radius 3 is 2.29 bits per heavy atom. The van der Waals surface area contributed by atoms with Gasteiger partial charge in [0.25, 0.3) is 5.91 Å². The van der Waals surface area contributed by atoms with E-state index in [0.717, 1.165) is 49.7 Å². The summed E-state index contributed by atoms with van der Waals surface area (Å²) in [6.45, 7) is 3.62. The minimum Gasteiger partial charge on any atom is -0.368 e. The minimum atomic E-state index is -0.296. The van der Waals surface area contributed by atoms with Crippen LogP contribution in [0.4, 0.5) is 5.69 Å². The van der Waals surface area contributed by atoms with Crippen LogP contribution in [0.1, 0.15) is 12.8 Å². The van der Waals surface area contributed by atoms with E-state index < -0.39 is 0 Å². The molecular weight excluding hydrogens is 373 g/mol. The van der Waals surface area contributed by atoms with E-state index in [1.165, 1.54) is 0 Å². The Morgan fingerprint density at radius 2 is 1.75 bits per heavy atom. The van der Waals surface area contributed by atoms with Crippen molar-refractivity contribution in [1.82, 2.24) is 4.90 Å². The average Bonchev–Trinajstić information content (AvgIpc) is 3.04. The zero-order chi connectivity index (χ0) is 15.5. The van der Waals surface area contributed by atoms with Crippen LogP contribution in [0, 0.1) is 0 Å². The molecule has 0 bridgehead atoms. The van der Waals surface area contributed by atoms with Crippen LogP contribution >= 0.6 is 36.4 Å². The van der Waals surface area contributed by atoms with Crippen molar-refractivity contribution in [2.75, 3.05) is 37.6 Å². The summed E-state index contributed by atoms with van der Waals surface area (Å²) in [7, 11) is 0. The van der Waals surface area contributed by atoms with Gasteiger partial charge >= 0.3 is 0 Å². The van der Waals surface area contributed by atoms with E-state index in [1.807, 2.05) is 29.2 Å². The molecule has 2 saturated heterocycles. The highest BCUT2D eigenvalue weighted by atomic mass is 35.5. The van der Waals surface area contributed by atoms with Crippen LogP contribution in [0.2, 0.25) is 5.02 Å². The SMILES string of the molecule is Cl.Cl.NC[C@H]1CC[C@@H](C(=O)N2CCN(c3ccc(Cl)cc3)CC2)O1. The molecular formula is C16H24Cl3N3O2. The third-order valence-electron chi connectivity index (χ3n) is 4.43. The lowest BCUT2D eigenvalue weighted by molar-refractivity contribution is -0.143. The van der Waals surface area contributed by atoms with E-state index in [9.17, 15) is 4.79 Å². The second-order valence-corrected chi connectivity index (χ2v) is 6.28. The highest BCUT2D eigenvalue weighted by Crippen LogP contribution is 2.23. The summed E-state index contributed by atoms with van der Waals surface area (Å²) < 4.78 is 5.71. The molecule has 136 valence electrons. The van der Waals surface area contributed by atoms with Crippen LogP contribution in [-0.4, -0.2) is 55.7 Å². The lowest BCUT2D eigenvalue weighted by atomic mass is 10.1. The number of rotatable bonds is 3. The van der Waals surface area contributed by atoms with Crippen molar-refractivity contribution >= 4 is 48.0 Å². The topological polar surface area (TPSA) is 58.8 Å². The van der Waals surface area contributed by atoms with Crippen molar-refractivity contribution in [3.63, 3.8) is 0 Å². The summed E-state index contributed by atoms with van der Waals surface area (Å²) in [4.78, 5) is 16.7. The zero-order valence-corrected chi connectivity index (χ0v) is 15.8. The van der Waals surface area contributed by atoms with Gasteiger partial charge in [0.05, 0.1) is 6.10 Å². The van der Waals surface area contributed by atoms with E-state index in [2.05, 4.69) is 4.90 Å². The predicted molar refractivity (Wildman–Crippen MR) is 102 cm³/mol. The maximum atomic E-state index is 12.5. The number of nitrogens with two attached hydrogens (primary N) is 1. The van der Waals surface area contributed by atoms with Crippen molar-refractivity contribution in [3.8, 4) is 0 Å². The third kappa shape index (κ3) is 4.90. The smallest absolute Gasteiger partial charge is 0.251 e. The molecule has 3 rings (SSSR count). The number of anilines is 1. The van der Waals surface area contributed by atoms with E-state index in [0.29, 0.717) is 6.54 Å². The Balaban J connectivity index is 0.00000144. The molecule has 2 aliphatic heterocycles. The molecule has 0 unspecified atom stereocenters. The number of hydrogen-bond donors (Lipinski definition) is 1. The van der Waals surface area contributed by atoms with Crippen LogP contribution in [0.15, 0.2) is 24.3 Å². The van der Waals surface area contributed by atoms with Gasteiger partial charge in [-0.1, -0.05) is 11.6 Å². The summed E-state index contributed by atoms with van der Waals surface area (Å²) in [5, 5.41) is 0.741. The lowest BCUT2D eigenvalue weighted by Crippen LogP contribution is -2.51. The van der Waals surface area contributed by atoms with Crippen molar-refractivity contribution in [2.45, 2.75) is 25.0 Å². The quantitative estimate of drug-likeness (QED) is 0.852. The van der Waals surface area contributed by atoms with Crippen molar-refractivity contribution in [3.05, 3.63) is 29.3 Å². The molecule has 1 aromatic carbocycles. The standard InChI is InChI=1S/C16H22ClN3O2.2ClH/c17-12-1-3-13(4-2-12)19-7-9-20(10-8-19)16(21)15-6-5-14(11-18)22-15;;/h1-4,14-15H,5-11,18H2;2*1H/t14-,15+;;/m1../s1. The molecule has 2 N–H and O–H groups in total. The molecule has 1 aromatic rings. The number of benzene rings is 1. The number of halogens is 3. The summed E-state index contributed by atoms with van der Waals surface area (Å²) >= 11 is 5.92. The number of nitrogens with zero attached hydrogens (tertiary/aromatic N) is 2. The Labute approximate surface area is 160 Å². The molecule has 2 atom stereocenters. The first-order valence-electron chi connectivity index (χ1n) is 7.82. The summed E-state index contributed by atoms with van der Waals surface area (Å²) in [6.07, 6.45) is 1.43. The maximum absolute atomic E-state index is 12.5. The predicted octanol–water partition coefficient (Wildman–Crippen LogP) is 2.34. The molecule has 1 amide bonds. The highest BCUT2D eigenvalue weighted by molar-refractivity contribution is 6.30. The number of carbonyl (C=O) groups excluding carboxylic acids is 1. The molecule has 0 spiro atoms. The van der Waals surface area contributed by atoms with Crippen LogP contribution < -0.4 is 10.6 Å². The van der Waals surface area contributed by atoms with Gasteiger partial charge in [-0.15, -0.1) is 24.8 Å². The zero-order valence-electron chi connectivity index (χ0n) is 13.4. The van der Waals surface area contributed by atoms with Crippen molar-refractivity contribution < 1.29 is 9.53 Å². The second-order valence-electron chi connectivity index (χ2n) is 5.85. The van der Waals surface area contributed by atoms with Crippen LogP contribution in [0.3, 0.4) is 0 Å². The highest BCUT2D eigenvalue weighted by Gasteiger charge is 2.34. The van der Waals surface area contributed by atoms with Gasteiger partial charge in [-0.05, 0) is 37.1 Å². The average molecular weight is 397 g/mol. The molecule has 2 fully saturated rings. The lowest BCUT2D eigenvalue weighted by Gasteiger charge is -2.37. The Morgan fingerprint density at radius 1 is 1.12 bits per heavy atom. The Kier molecular flexibility index (Phi) is 8.60. The monoisotopic (exact) mass is 395 g/mol. The van der Waals surface area contributed by atoms with Gasteiger partial charge in [0.1, 0.15) is 6.10 Å². The number of piperazine rings is 1. The van der Waals surface area contributed by atoms with Crippen molar-refractivity contribution in [1.29, 1.82) is 0 Å². The normalized spacial score (nSPS) is 23.4. The van der Waals surface area contributed by atoms with Crippen LogP contribution in [0.5, 0.6) is 0 Å². The van der Waals surface area contributed by atoms with Crippen LogP contribution in [-0.2, 0) is 9.53 Å². The molecule has 0 radical (unpaired) electrons. The molecule has 5 nitrogen and oxygen atoms in total. The minimum absolute atomic E-state index is 0. The molecule has 8 heteroatoms. The summed E-state index contributed by atoms with van der Waals surface area (Å²) in [6, 6.07) is 7.83. The fraction of sp³-hybridized carbons (Fsp3) is 0.562. The van der Waals surface area contributed by atoms with E-state index in [1.54, 1.807) is 0 Å². The van der Waals surface area contributed by atoms with Gasteiger partial charge in [-0.2, -0.15) is 0 Å². The first-order chi connectivity index (χ1) is 10.7. The van der Waals surface area contributed by atoms with Crippen LogP contribution in [0.25, 0.3) is 0 Å². The maximum Gasteiger partial charge on any atom is 0.251 e. The number of carbonyl (C=O) groups is 1. The van der Waals surface area contributed by atoms with E-state index in [-0.39, 0.29) is 42.9 Å². The first-order valence-corrected chi connectivity index (χ1v) is 8.20. The molecule has 0 aliphatic carbocycles. The second kappa shape index (κ2) is 9.68. The largest absolute Gasteiger partial charge is 0.368 e. The van der Waals surface area contributed by atoms with Gasteiger partial charge in [0.15, 0.2) is 0 Å². The fourth-order valence-corrected chi connectivity index (χ4v) is 3.23. The molecule has 0 aromatic heterocycles. The summed E-state index contributed by atoms with van der Waals surface area (Å²) in [5.74, 6) is 0.117. The fourth-order valence-electron chi connectivity index (χ4n) is 3.10. The molecule has 2 aliphatic rings. The van der Waals surface area contributed by atoms with Gasteiger partial charge in [-0.25, -0.2) is 0 Å². The number of ether oxygens (including phenoxy) is 1. The molecule has 0 saturated carbocycles. The van der Waals surface area contributed by atoms with Crippen molar-refractivity contribution in [2.24, 2.45) is 5.73 Å². The van der Waals surface area contributed by atoms with Gasteiger partial charge in [0.2, 0.25) is 0 Å². The third-order valence-corrected chi connectivity index (χ3v) is 4.68. The van der Waals surface area contributed by atoms with Gasteiger partial charge in [-0.3, -0.25) is 4.79 Å². The molecule has 2 heterocycles. The summed E-state index contributed by atoms with van der Waals surface area (Å²) in [5.41, 5.74) is 6.75. The number of hydrogen-bond acceptors (Lipinski definition) is 4. The Hall–Kier alpha value is -0.720.